The third kappa shape index (κ3) is 12.5. The first-order chi connectivity index (χ1) is 8.66. The van der Waals surface area contributed by atoms with E-state index in [4.69, 9.17) is 10.5 Å². The third-order valence-corrected chi connectivity index (χ3v) is 2.33. The van der Waals surface area contributed by atoms with E-state index in [2.05, 4.69) is 6.92 Å². The Balaban J connectivity index is 3.45. The second kappa shape index (κ2) is 11.9. The summed E-state index contributed by atoms with van der Waals surface area (Å²) in [5, 5.41) is 0. The van der Waals surface area contributed by atoms with Crippen LogP contribution in [0.5, 0.6) is 0 Å². The zero-order valence-electron chi connectivity index (χ0n) is 11.0. The van der Waals surface area contributed by atoms with Crippen LogP contribution in [0.4, 0.5) is 0 Å². The molecule has 0 fully saturated rings. The zero-order valence-corrected chi connectivity index (χ0v) is 11.0. The first kappa shape index (κ1) is 16.4. The molecule has 4 heteroatoms. The highest BCUT2D eigenvalue weighted by atomic mass is 16.5. The highest BCUT2D eigenvalue weighted by Crippen LogP contribution is 2.04. The van der Waals surface area contributed by atoms with Crippen LogP contribution < -0.4 is 5.73 Å². The average molecular weight is 252 g/mol. The highest BCUT2D eigenvalue weighted by molar-refractivity contribution is 5.86. The summed E-state index contributed by atoms with van der Waals surface area (Å²) in [5.74, 6) is -1.20. The second-order valence-corrected chi connectivity index (χ2v) is 4.02. The van der Waals surface area contributed by atoms with Crippen molar-refractivity contribution in [2.75, 3.05) is 6.61 Å². The summed E-state index contributed by atoms with van der Waals surface area (Å²) in [7, 11) is 0. The monoisotopic (exact) mass is 252 g/mol. The van der Waals surface area contributed by atoms with Gasteiger partial charge in [0.25, 0.3) is 5.91 Å². The van der Waals surface area contributed by atoms with Crippen molar-refractivity contribution in [1.29, 1.82) is 0 Å². The molecule has 1 amide bonds. The lowest BCUT2D eigenvalue weighted by atomic mass is 10.1. The molecule has 0 saturated heterocycles. The fourth-order valence-electron chi connectivity index (χ4n) is 1.38. The second-order valence-electron chi connectivity index (χ2n) is 4.02. The van der Waals surface area contributed by atoms with E-state index in [0.717, 1.165) is 18.9 Å². The van der Waals surface area contributed by atoms with Crippen molar-refractivity contribution in [3.05, 3.63) is 24.3 Å². The van der Waals surface area contributed by atoms with E-state index in [0.29, 0.717) is 6.61 Å². The van der Waals surface area contributed by atoms with Gasteiger partial charge in [0.1, 0.15) is 0 Å². The highest BCUT2D eigenvalue weighted by Gasteiger charge is 1.96. The van der Waals surface area contributed by atoms with E-state index in [1.807, 2.05) is 0 Å². The number of amides is 1. The first-order valence-electron chi connectivity index (χ1n) is 6.44. The Kier molecular flexibility index (Phi) is 10.8. The zero-order chi connectivity index (χ0) is 13.6. The maximum atomic E-state index is 11.1. The van der Waals surface area contributed by atoms with Crippen molar-refractivity contribution in [1.82, 2.24) is 5.73 Å². The van der Waals surface area contributed by atoms with Crippen molar-refractivity contribution in [3.63, 3.8) is 0 Å². The first-order valence-corrected chi connectivity index (χ1v) is 6.44. The van der Waals surface area contributed by atoms with Crippen molar-refractivity contribution >= 4 is 11.9 Å². The molecule has 0 bridgehead atoms. The Hall–Kier alpha value is -1.58. The van der Waals surface area contributed by atoms with Crippen LogP contribution in [0.25, 0.3) is 0 Å². The summed E-state index contributed by atoms with van der Waals surface area (Å²) in [4.78, 5) is 21.4. The molecule has 0 aromatic heterocycles. The van der Waals surface area contributed by atoms with Gasteiger partial charge in [0.2, 0.25) is 0 Å². The van der Waals surface area contributed by atoms with Crippen LogP contribution >= 0.6 is 0 Å². The minimum atomic E-state index is -0.792. The van der Waals surface area contributed by atoms with Gasteiger partial charge in [0.15, 0.2) is 0 Å². The number of rotatable bonds is 10. The molecule has 0 heterocycles. The lowest BCUT2D eigenvalue weighted by Gasteiger charge is -2.01. The van der Waals surface area contributed by atoms with Gasteiger partial charge >= 0.3 is 5.97 Å². The van der Waals surface area contributed by atoms with E-state index in [1.165, 1.54) is 43.9 Å². The van der Waals surface area contributed by atoms with Crippen molar-refractivity contribution < 1.29 is 14.3 Å². The largest absolute Gasteiger partial charge is 0.463 e. The molecule has 0 aliphatic carbocycles. The van der Waals surface area contributed by atoms with Gasteiger partial charge in [-0.1, -0.05) is 51.2 Å². The number of nitrogens with one attached hydrogen (secondary N) is 1. The van der Waals surface area contributed by atoms with Crippen LogP contribution in [0, 0.1) is 0 Å². The topological polar surface area (TPSA) is 67.2 Å². The molecule has 0 unspecified atom stereocenters. The number of carbonyl (C=O) groups excluding carboxylic acids is 2. The number of carbonyl (C=O) groups is 2. The molecule has 4 nitrogen and oxygen atoms in total. The van der Waals surface area contributed by atoms with Gasteiger partial charge in [-0.25, -0.2) is 4.79 Å². The van der Waals surface area contributed by atoms with Crippen LogP contribution in [0.15, 0.2) is 24.3 Å². The molecule has 0 atom stereocenters. The summed E-state index contributed by atoms with van der Waals surface area (Å²) < 4.78 is 4.96. The predicted octanol–water partition coefficient (Wildman–Crippen LogP) is 2.81. The molecule has 18 heavy (non-hydrogen) atoms. The van der Waals surface area contributed by atoms with Crippen LogP contribution in [-0.4, -0.2) is 18.5 Å². The normalized spacial score (nSPS) is 11.2. The van der Waals surface area contributed by atoms with Gasteiger partial charge in [-0.3, -0.25) is 10.5 Å². The number of hydrogen-bond acceptors (Lipinski definition) is 3. The van der Waals surface area contributed by atoms with Gasteiger partial charge in [-0.2, -0.15) is 0 Å². The Morgan fingerprint density at radius 2 is 1.61 bits per heavy atom. The number of allylic oxidation sites excluding steroid dienone is 2. The summed E-state index contributed by atoms with van der Waals surface area (Å²) in [5.41, 5.74) is 6.59. The molecular formula is C14H22NO3. The van der Waals surface area contributed by atoms with Crippen molar-refractivity contribution in [2.45, 2.75) is 45.4 Å². The SMILES string of the molecule is CCCCCCCCOC(=O)C=CC=CC([NH])=O. The Morgan fingerprint density at radius 1 is 1.00 bits per heavy atom. The molecule has 1 N–H and O–H groups in total. The van der Waals surface area contributed by atoms with E-state index in [9.17, 15) is 9.59 Å². The lowest BCUT2D eigenvalue weighted by Crippen LogP contribution is -2.02. The fourth-order valence-corrected chi connectivity index (χ4v) is 1.38. The number of ether oxygens (including phenoxy) is 1. The average Bonchev–Trinajstić information content (AvgIpc) is 2.33. The van der Waals surface area contributed by atoms with E-state index >= 15 is 0 Å². The minimum Gasteiger partial charge on any atom is -0.463 e. The van der Waals surface area contributed by atoms with Crippen molar-refractivity contribution in [2.24, 2.45) is 0 Å². The Bertz CT molecular complexity index is 295. The number of esters is 1. The smallest absolute Gasteiger partial charge is 0.330 e. The molecule has 0 spiro atoms. The summed E-state index contributed by atoms with van der Waals surface area (Å²) in [6.07, 6.45) is 12.0. The van der Waals surface area contributed by atoms with Gasteiger partial charge in [0, 0.05) is 12.2 Å². The van der Waals surface area contributed by atoms with E-state index in [1.54, 1.807) is 0 Å². The van der Waals surface area contributed by atoms with E-state index < -0.39 is 11.9 Å². The maximum Gasteiger partial charge on any atom is 0.330 e. The lowest BCUT2D eigenvalue weighted by molar-refractivity contribution is -0.137. The summed E-state index contributed by atoms with van der Waals surface area (Å²) in [6, 6.07) is 0. The molecule has 0 aliphatic rings. The Labute approximate surface area is 109 Å². The molecule has 0 saturated carbocycles. The van der Waals surface area contributed by atoms with Crippen LogP contribution in [0.3, 0.4) is 0 Å². The number of hydrogen-bond donors (Lipinski definition) is 0. The third-order valence-electron chi connectivity index (χ3n) is 2.33. The summed E-state index contributed by atoms with van der Waals surface area (Å²) >= 11 is 0. The van der Waals surface area contributed by atoms with Gasteiger partial charge < -0.3 is 4.74 Å². The van der Waals surface area contributed by atoms with Gasteiger partial charge in [-0.05, 0) is 6.42 Å². The molecule has 101 valence electrons. The quantitative estimate of drug-likeness (QED) is 0.260. The van der Waals surface area contributed by atoms with Crippen LogP contribution in [0.1, 0.15) is 45.4 Å². The number of unbranched alkanes of at least 4 members (excludes halogenated alkanes) is 5. The van der Waals surface area contributed by atoms with Crippen LogP contribution in [0.2, 0.25) is 0 Å². The minimum absolute atomic E-state index is 0.411. The Morgan fingerprint density at radius 3 is 2.28 bits per heavy atom. The molecule has 1 radical (unpaired) electrons. The van der Waals surface area contributed by atoms with Crippen LogP contribution in [-0.2, 0) is 14.3 Å². The molecule has 0 aromatic rings. The molecule has 0 rings (SSSR count). The molecular weight excluding hydrogens is 230 g/mol. The van der Waals surface area contributed by atoms with Gasteiger partial charge in [0.05, 0.1) is 6.61 Å². The van der Waals surface area contributed by atoms with Gasteiger partial charge in [-0.15, -0.1) is 0 Å². The predicted molar refractivity (Wildman–Crippen MR) is 70.7 cm³/mol. The molecule has 0 aromatic carbocycles. The molecule has 0 aliphatic heterocycles. The maximum absolute atomic E-state index is 11.1. The van der Waals surface area contributed by atoms with Crippen molar-refractivity contribution in [3.8, 4) is 0 Å². The fraction of sp³-hybridized carbons (Fsp3) is 0.571. The van der Waals surface area contributed by atoms with E-state index in [-0.39, 0.29) is 0 Å². The standard InChI is InChI=1S/C14H22NO3/c1-2-3-4-5-6-9-12-18-14(17)11-8-7-10-13(15)16/h7-8,10-11,15H,2-6,9,12H2,1H3. The summed E-state index contributed by atoms with van der Waals surface area (Å²) in [6.45, 7) is 2.62.